The summed E-state index contributed by atoms with van der Waals surface area (Å²) in [6.07, 6.45) is 4.76. The molecule has 1 N–H and O–H groups in total. The molecule has 11 heavy (non-hydrogen) atoms. The molecule has 0 radical (unpaired) electrons. The Morgan fingerprint density at radius 3 is 2.64 bits per heavy atom. The molecule has 0 saturated carbocycles. The van der Waals surface area contributed by atoms with Crippen molar-refractivity contribution in [3.63, 3.8) is 0 Å². The summed E-state index contributed by atoms with van der Waals surface area (Å²) in [7, 11) is 0. The van der Waals surface area contributed by atoms with Gasteiger partial charge in [0.25, 0.3) is 0 Å². The average Bonchev–Trinajstić information content (AvgIpc) is 1.85. The van der Waals surface area contributed by atoms with Gasteiger partial charge in [-0.3, -0.25) is 0 Å². The van der Waals surface area contributed by atoms with Gasteiger partial charge in [-0.1, -0.05) is 31.6 Å². The Morgan fingerprint density at radius 2 is 2.18 bits per heavy atom. The Kier molecular flexibility index (Phi) is 2.50. The molecule has 1 aliphatic rings. The van der Waals surface area contributed by atoms with Gasteiger partial charge in [-0.25, -0.2) is 0 Å². The van der Waals surface area contributed by atoms with Crippen LogP contribution in [0.2, 0.25) is 0 Å². The highest BCUT2D eigenvalue weighted by molar-refractivity contribution is 5.26. The molecule has 0 heterocycles. The number of rotatable bonds is 1. The lowest BCUT2D eigenvalue weighted by molar-refractivity contribution is 0.243. The maximum atomic E-state index is 9.57. The molecule has 0 bridgehead atoms. The largest absolute Gasteiger partial charge is 0.385 e. The zero-order valence-corrected chi connectivity index (χ0v) is 7.46. The van der Waals surface area contributed by atoms with Crippen molar-refractivity contribution < 1.29 is 5.11 Å². The van der Waals surface area contributed by atoms with Gasteiger partial charge in [0.1, 0.15) is 0 Å². The van der Waals surface area contributed by atoms with Crippen LogP contribution in [0.3, 0.4) is 0 Å². The van der Waals surface area contributed by atoms with E-state index in [-0.39, 0.29) is 6.10 Å². The van der Waals surface area contributed by atoms with Gasteiger partial charge in [0.15, 0.2) is 0 Å². The average molecular weight is 152 g/mol. The number of aliphatic hydroxyl groups is 1. The predicted octanol–water partition coefficient (Wildman–Crippen LogP) is 2.28. The molecule has 0 saturated heterocycles. The van der Waals surface area contributed by atoms with Crippen molar-refractivity contribution in [1.82, 2.24) is 0 Å². The van der Waals surface area contributed by atoms with E-state index in [4.69, 9.17) is 0 Å². The van der Waals surface area contributed by atoms with E-state index in [0.717, 1.165) is 12.0 Å². The molecule has 1 heteroatoms. The maximum Gasteiger partial charge on any atom is 0.0937 e. The Bertz CT molecular complexity index is 199. The summed E-state index contributed by atoms with van der Waals surface area (Å²) in [5.74, 6) is 0.467. The summed E-state index contributed by atoms with van der Waals surface area (Å²) in [4.78, 5) is 0. The van der Waals surface area contributed by atoms with Crippen molar-refractivity contribution in [2.24, 2.45) is 5.92 Å². The number of allylic oxidation sites excluding steroid dienone is 2. The standard InChI is InChI=1S/C10H16O/c1-7(2)9-5-4-8(3)6-10(9)11/h5-7,10-11H,4H2,1-3H3. The monoisotopic (exact) mass is 152 g/mol. The van der Waals surface area contributed by atoms with Crippen LogP contribution in [0.5, 0.6) is 0 Å². The Balaban J connectivity index is 2.72. The SMILES string of the molecule is CC1=CC(O)C(C(C)C)=CC1. The van der Waals surface area contributed by atoms with Gasteiger partial charge in [-0.15, -0.1) is 0 Å². The Morgan fingerprint density at radius 1 is 1.55 bits per heavy atom. The van der Waals surface area contributed by atoms with Crippen LogP contribution in [-0.4, -0.2) is 11.2 Å². The molecule has 0 spiro atoms. The second-order valence-corrected chi connectivity index (χ2v) is 3.52. The van der Waals surface area contributed by atoms with Crippen LogP contribution in [0.1, 0.15) is 27.2 Å². The van der Waals surface area contributed by atoms with Crippen molar-refractivity contribution in [3.05, 3.63) is 23.3 Å². The first-order valence-corrected chi connectivity index (χ1v) is 4.16. The lowest BCUT2D eigenvalue weighted by atomic mass is 9.90. The van der Waals surface area contributed by atoms with Crippen LogP contribution in [0, 0.1) is 5.92 Å². The fourth-order valence-electron chi connectivity index (χ4n) is 1.41. The summed E-state index contributed by atoms with van der Waals surface area (Å²) in [5, 5.41) is 9.57. The summed E-state index contributed by atoms with van der Waals surface area (Å²) in [6.45, 7) is 6.28. The summed E-state index contributed by atoms with van der Waals surface area (Å²) in [6, 6.07) is 0. The molecule has 62 valence electrons. The van der Waals surface area contributed by atoms with Gasteiger partial charge in [-0.05, 0) is 24.8 Å². The molecular weight excluding hydrogens is 136 g/mol. The fourth-order valence-corrected chi connectivity index (χ4v) is 1.41. The quantitative estimate of drug-likeness (QED) is 0.571. The van der Waals surface area contributed by atoms with E-state index in [0.29, 0.717) is 5.92 Å². The number of hydrogen-bond donors (Lipinski definition) is 1. The minimum absolute atomic E-state index is 0.330. The summed E-state index contributed by atoms with van der Waals surface area (Å²) >= 11 is 0. The van der Waals surface area contributed by atoms with Gasteiger partial charge in [-0.2, -0.15) is 0 Å². The normalized spacial score (nSPS) is 25.0. The van der Waals surface area contributed by atoms with Crippen LogP contribution in [0.25, 0.3) is 0 Å². The highest BCUT2D eigenvalue weighted by atomic mass is 16.3. The molecule has 0 aliphatic heterocycles. The van der Waals surface area contributed by atoms with Crippen LogP contribution >= 0.6 is 0 Å². The van der Waals surface area contributed by atoms with E-state index in [1.807, 2.05) is 6.08 Å². The molecule has 0 aromatic heterocycles. The topological polar surface area (TPSA) is 20.2 Å². The highest BCUT2D eigenvalue weighted by Crippen LogP contribution is 2.23. The van der Waals surface area contributed by atoms with Crippen LogP contribution in [0.4, 0.5) is 0 Å². The first kappa shape index (κ1) is 8.54. The summed E-state index contributed by atoms with van der Waals surface area (Å²) in [5.41, 5.74) is 2.43. The Labute approximate surface area is 68.4 Å². The first-order valence-electron chi connectivity index (χ1n) is 4.16. The van der Waals surface area contributed by atoms with Crippen molar-refractivity contribution in [3.8, 4) is 0 Å². The van der Waals surface area contributed by atoms with Gasteiger partial charge >= 0.3 is 0 Å². The van der Waals surface area contributed by atoms with E-state index in [1.54, 1.807) is 0 Å². The number of hydrogen-bond acceptors (Lipinski definition) is 1. The fraction of sp³-hybridized carbons (Fsp3) is 0.600. The third-order valence-corrected chi connectivity index (χ3v) is 2.11. The first-order chi connectivity index (χ1) is 5.11. The van der Waals surface area contributed by atoms with Crippen molar-refractivity contribution in [1.29, 1.82) is 0 Å². The molecular formula is C10H16O. The van der Waals surface area contributed by atoms with E-state index < -0.39 is 0 Å². The van der Waals surface area contributed by atoms with E-state index >= 15 is 0 Å². The smallest absolute Gasteiger partial charge is 0.0937 e. The maximum absolute atomic E-state index is 9.57. The van der Waals surface area contributed by atoms with Crippen molar-refractivity contribution >= 4 is 0 Å². The summed E-state index contributed by atoms with van der Waals surface area (Å²) < 4.78 is 0. The van der Waals surface area contributed by atoms with E-state index in [1.165, 1.54) is 5.57 Å². The van der Waals surface area contributed by atoms with Crippen LogP contribution in [0.15, 0.2) is 23.3 Å². The van der Waals surface area contributed by atoms with Gasteiger partial charge in [0.2, 0.25) is 0 Å². The Hall–Kier alpha value is -0.560. The van der Waals surface area contributed by atoms with Crippen molar-refractivity contribution in [2.45, 2.75) is 33.3 Å². The van der Waals surface area contributed by atoms with Crippen LogP contribution in [-0.2, 0) is 0 Å². The molecule has 0 aromatic carbocycles. The number of aliphatic hydroxyl groups excluding tert-OH is 1. The lowest BCUT2D eigenvalue weighted by Crippen LogP contribution is -2.15. The minimum atomic E-state index is -0.330. The van der Waals surface area contributed by atoms with Gasteiger partial charge in [0.05, 0.1) is 6.10 Å². The van der Waals surface area contributed by atoms with Gasteiger partial charge < -0.3 is 5.11 Å². The second-order valence-electron chi connectivity index (χ2n) is 3.52. The second kappa shape index (κ2) is 3.22. The molecule has 1 aliphatic carbocycles. The third kappa shape index (κ3) is 1.93. The van der Waals surface area contributed by atoms with Crippen LogP contribution < -0.4 is 0 Å². The molecule has 0 amide bonds. The molecule has 0 fully saturated rings. The minimum Gasteiger partial charge on any atom is -0.385 e. The zero-order valence-electron chi connectivity index (χ0n) is 7.46. The zero-order chi connectivity index (χ0) is 8.43. The molecule has 1 unspecified atom stereocenters. The van der Waals surface area contributed by atoms with E-state index in [9.17, 15) is 5.11 Å². The highest BCUT2D eigenvalue weighted by Gasteiger charge is 2.14. The molecule has 1 nitrogen and oxygen atoms in total. The van der Waals surface area contributed by atoms with E-state index in [2.05, 4.69) is 26.8 Å². The van der Waals surface area contributed by atoms with Gasteiger partial charge in [0, 0.05) is 0 Å². The van der Waals surface area contributed by atoms with Crippen molar-refractivity contribution in [2.75, 3.05) is 0 Å². The molecule has 1 atom stereocenters. The molecule has 1 rings (SSSR count). The lowest BCUT2D eigenvalue weighted by Gasteiger charge is -2.20. The predicted molar refractivity (Wildman–Crippen MR) is 47.3 cm³/mol. The third-order valence-electron chi connectivity index (χ3n) is 2.11. The molecule has 0 aromatic rings.